The zero-order chi connectivity index (χ0) is 24.3. The van der Waals surface area contributed by atoms with E-state index in [9.17, 15) is 22.0 Å². The van der Waals surface area contributed by atoms with Crippen LogP contribution in [-0.4, -0.2) is 71.3 Å². The predicted octanol–water partition coefficient (Wildman–Crippen LogP) is 2.53. The molecule has 34 heavy (non-hydrogen) atoms. The number of amides is 1. The van der Waals surface area contributed by atoms with Gasteiger partial charge in [-0.3, -0.25) is 9.69 Å². The number of benzene rings is 1. The number of hydrogen-bond acceptors (Lipinski definition) is 5. The van der Waals surface area contributed by atoms with Crippen LogP contribution in [0.15, 0.2) is 35.7 Å². The Hall–Kier alpha value is -2.37. The van der Waals surface area contributed by atoms with Gasteiger partial charge in [-0.05, 0) is 25.0 Å². The molecule has 0 radical (unpaired) electrons. The van der Waals surface area contributed by atoms with Gasteiger partial charge in [-0.2, -0.15) is 4.31 Å². The summed E-state index contributed by atoms with van der Waals surface area (Å²) in [4.78, 5) is 18.9. The molecule has 2 aromatic rings. The molecule has 2 aliphatic rings. The molecular weight excluding hydrogens is 464 g/mol. The number of sulfonamides is 1. The Morgan fingerprint density at radius 1 is 1.06 bits per heavy atom. The Labute approximate surface area is 199 Å². The summed E-state index contributed by atoms with van der Waals surface area (Å²) in [5, 5.41) is 2.82. The summed E-state index contributed by atoms with van der Waals surface area (Å²) in [6.07, 6.45) is 8.76. The van der Waals surface area contributed by atoms with Gasteiger partial charge in [-0.25, -0.2) is 22.2 Å². The summed E-state index contributed by atoms with van der Waals surface area (Å²) in [7, 11) is -1.95. The number of carbonyl (C=O) groups excluding carboxylic acids is 1. The van der Waals surface area contributed by atoms with Crippen LogP contribution in [0.3, 0.4) is 0 Å². The van der Waals surface area contributed by atoms with Gasteiger partial charge >= 0.3 is 0 Å². The Balaban J connectivity index is 1.48. The molecule has 1 saturated carbocycles. The van der Waals surface area contributed by atoms with Crippen LogP contribution in [0.2, 0.25) is 0 Å². The molecule has 11 heteroatoms. The van der Waals surface area contributed by atoms with Gasteiger partial charge in [0.25, 0.3) is 15.9 Å². The highest BCUT2D eigenvalue weighted by Gasteiger charge is 2.41. The second-order valence-corrected chi connectivity index (χ2v) is 11.1. The summed E-state index contributed by atoms with van der Waals surface area (Å²) in [5.74, 6) is -2.54. The molecule has 1 aromatic heterocycles. The normalized spacial score (nSPS) is 20.1. The van der Waals surface area contributed by atoms with E-state index in [0.717, 1.165) is 50.7 Å². The number of carbonyl (C=O) groups is 1. The lowest BCUT2D eigenvalue weighted by Crippen LogP contribution is -2.61. The highest BCUT2D eigenvalue weighted by molar-refractivity contribution is 7.89. The third-order valence-electron chi connectivity index (χ3n) is 7.00. The Bertz CT molecular complexity index is 1100. The quantitative estimate of drug-likeness (QED) is 0.623. The van der Waals surface area contributed by atoms with E-state index in [-0.39, 0.29) is 17.1 Å². The summed E-state index contributed by atoms with van der Waals surface area (Å²) in [6.45, 7) is 1.91. The smallest absolute Gasteiger partial charge is 0.262 e. The van der Waals surface area contributed by atoms with E-state index in [1.807, 2.05) is 0 Å². The summed E-state index contributed by atoms with van der Waals surface area (Å²) < 4.78 is 57.2. The second-order valence-electron chi connectivity index (χ2n) is 9.19. The fourth-order valence-electron chi connectivity index (χ4n) is 5.10. The molecule has 0 unspecified atom stereocenters. The molecule has 1 N–H and O–H groups in total. The monoisotopic (exact) mass is 495 g/mol. The SMILES string of the molecule is Cn1cnc(S(=O)(=O)N2CCN(C3(CNC(=O)c4c(F)cccc4F)CCCCCC3)CC2)c1. The minimum absolute atomic E-state index is 0.0341. The van der Waals surface area contributed by atoms with Crippen LogP contribution in [0.1, 0.15) is 48.9 Å². The van der Waals surface area contributed by atoms with E-state index < -0.39 is 33.1 Å². The van der Waals surface area contributed by atoms with Crippen molar-refractivity contribution in [1.82, 2.24) is 24.1 Å². The van der Waals surface area contributed by atoms with Crippen molar-refractivity contribution in [2.75, 3.05) is 32.7 Å². The first-order valence-corrected chi connectivity index (χ1v) is 13.1. The molecule has 1 saturated heterocycles. The minimum Gasteiger partial charge on any atom is -0.350 e. The lowest BCUT2D eigenvalue weighted by Gasteiger charge is -2.47. The molecule has 1 aliphatic carbocycles. The van der Waals surface area contributed by atoms with Crippen LogP contribution >= 0.6 is 0 Å². The zero-order valence-electron chi connectivity index (χ0n) is 19.3. The number of piperazine rings is 1. The first kappa shape index (κ1) is 24.7. The third-order valence-corrected chi connectivity index (χ3v) is 8.78. The van der Waals surface area contributed by atoms with Crippen LogP contribution in [0, 0.1) is 11.6 Å². The van der Waals surface area contributed by atoms with E-state index in [2.05, 4.69) is 15.2 Å². The fraction of sp³-hybridized carbons (Fsp3) is 0.565. The van der Waals surface area contributed by atoms with E-state index in [4.69, 9.17) is 0 Å². The number of imidazole rings is 1. The highest BCUT2D eigenvalue weighted by Crippen LogP contribution is 2.34. The second kappa shape index (κ2) is 10.1. The standard InChI is InChI=1S/C23H31F2N5O3S/c1-28-15-20(27-17-28)34(32,33)30-13-11-29(12-14-30)23(9-4-2-3-5-10-23)16-26-22(31)21-18(24)7-6-8-19(21)25/h6-8,15,17H,2-5,9-14,16H2,1H3,(H,26,31). The third kappa shape index (κ3) is 5.01. The Morgan fingerprint density at radius 2 is 1.68 bits per heavy atom. The predicted molar refractivity (Wildman–Crippen MR) is 123 cm³/mol. The van der Waals surface area contributed by atoms with Crippen molar-refractivity contribution in [2.45, 2.75) is 49.1 Å². The van der Waals surface area contributed by atoms with Crippen molar-refractivity contribution < 1.29 is 22.0 Å². The Morgan fingerprint density at radius 3 is 2.24 bits per heavy atom. The lowest BCUT2D eigenvalue weighted by molar-refractivity contribution is 0.0390. The molecule has 1 aliphatic heterocycles. The van der Waals surface area contributed by atoms with Crippen LogP contribution in [-0.2, 0) is 17.1 Å². The van der Waals surface area contributed by atoms with Crippen molar-refractivity contribution in [3.05, 3.63) is 47.9 Å². The number of halogens is 2. The van der Waals surface area contributed by atoms with Crippen molar-refractivity contribution in [3.8, 4) is 0 Å². The maximum Gasteiger partial charge on any atom is 0.262 e. The number of rotatable bonds is 6. The molecule has 0 bridgehead atoms. The maximum atomic E-state index is 14.1. The number of aryl methyl sites for hydroxylation is 1. The number of aromatic nitrogens is 2. The van der Waals surface area contributed by atoms with Gasteiger partial charge in [-0.1, -0.05) is 31.7 Å². The van der Waals surface area contributed by atoms with Crippen LogP contribution < -0.4 is 5.32 Å². The average molecular weight is 496 g/mol. The Kier molecular flexibility index (Phi) is 7.34. The van der Waals surface area contributed by atoms with Crippen molar-refractivity contribution in [1.29, 1.82) is 0 Å². The molecular formula is C23H31F2N5O3S. The van der Waals surface area contributed by atoms with E-state index in [1.54, 1.807) is 11.6 Å². The van der Waals surface area contributed by atoms with E-state index in [1.165, 1.54) is 22.9 Å². The first-order valence-electron chi connectivity index (χ1n) is 11.7. The molecule has 186 valence electrons. The fourth-order valence-corrected chi connectivity index (χ4v) is 6.48. The molecule has 8 nitrogen and oxygen atoms in total. The summed E-state index contributed by atoms with van der Waals surface area (Å²) >= 11 is 0. The van der Waals surface area contributed by atoms with Crippen molar-refractivity contribution >= 4 is 15.9 Å². The topological polar surface area (TPSA) is 87.5 Å². The molecule has 0 spiro atoms. The molecule has 2 fully saturated rings. The number of nitrogens with one attached hydrogen (secondary N) is 1. The first-order chi connectivity index (χ1) is 16.2. The van der Waals surface area contributed by atoms with Gasteiger partial charge in [0.05, 0.1) is 6.33 Å². The summed E-state index contributed by atoms with van der Waals surface area (Å²) in [5.41, 5.74) is -0.952. The zero-order valence-corrected chi connectivity index (χ0v) is 20.2. The van der Waals surface area contributed by atoms with Crippen LogP contribution in [0.4, 0.5) is 8.78 Å². The lowest BCUT2D eigenvalue weighted by atomic mass is 9.87. The number of nitrogens with zero attached hydrogens (tertiary/aromatic N) is 4. The van der Waals surface area contributed by atoms with Gasteiger partial charge in [0.15, 0.2) is 5.03 Å². The minimum atomic E-state index is -3.67. The average Bonchev–Trinajstić information content (AvgIpc) is 3.12. The largest absolute Gasteiger partial charge is 0.350 e. The van der Waals surface area contributed by atoms with Gasteiger partial charge in [0, 0.05) is 51.5 Å². The van der Waals surface area contributed by atoms with E-state index >= 15 is 0 Å². The molecule has 1 amide bonds. The molecule has 1 aromatic carbocycles. The van der Waals surface area contributed by atoms with Gasteiger partial charge < -0.3 is 9.88 Å². The van der Waals surface area contributed by atoms with Crippen LogP contribution in [0.5, 0.6) is 0 Å². The van der Waals surface area contributed by atoms with Crippen molar-refractivity contribution in [3.63, 3.8) is 0 Å². The van der Waals surface area contributed by atoms with Gasteiger partial charge in [0.2, 0.25) is 0 Å². The number of hydrogen-bond donors (Lipinski definition) is 1. The van der Waals surface area contributed by atoms with Gasteiger partial charge in [0.1, 0.15) is 17.2 Å². The van der Waals surface area contributed by atoms with Gasteiger partial charge in [-0.15, -0.1) is 0 Å². The maximum absolute atomic E-state index is 14.1. The highest BCUT2D eigenvalue weighted by atomic mass is 32.2. The molecule has 0 atom stereocenters. The van der Waals surface area contributed by atoms with Crippen LogP contribution in [0.25, 0.3) is 0 Å². The summed E-state index contributed by atoms with van der Waals surface area (Å²) in [6, 6.07) is 3.37. The molecule has 4 rings (SSSR count). The molecule has 2 heterocycles. The van der Waals surface area contributed by atoms with E-state index in [0.29, 0.717) is 26.2 Å². The van der Waals surface area contributed by atoms with Crippen molar-refractivity contribution in [2.24, 2.45) is 7.05 Å².